The van der Waals surface area contributed by atoms with Crippen LogP contribution >= 0.6 is 0 Å². The molecule has 1 aliphatic heterocycles. The maximum atomic E-state index is 13.7. The van der Waals surface area contributed by atoms with Crippen molar-refractivity contribution in [2.45, 2.75) is 12.5 Å². The van der Waals surface area contributed by atoms with Gasteiger partial charge in [-0.25, -0.2) is 0 Å². The number of allylic oxidation sites excluding steroid dienone is 4. The molecule has 6 nitrogen and oxygen atoms in total. The first-order valence-electron chi connectivity index (χ1n) is 11.3. The second kappa shape index (κ2) is 7.64. The van der Waals surface area contributed by atoms with Gasteiger partial charge in [-0.1, -0.05) is 59.8 Å². The van der Waals surface area contributed by atoms with E-state index in [1.807, 2.05) is 36.4 Å². The Labute approximate surface area is 187 Å². The fraction of sp³-hybridized carbons (Fsp3) is 0.308. The standard InChI is InChI=1S/C26H26N4O2/c1-29-11-13-30(14-12-29)21-15-20(27-16-17-7-3-2-4-8-17)22-23-24(21)28-32-26(23)19-10-6-5-9-18(19)25(22)31/h2-10,15,18-19,27H,11-14,16H2,1H3. The Kier molecular flexibility index (Phi) is 4.61. The fourth-order valence-electron chi connectivity index (χ4n) is 5.11. The van der Waals surface area contributed by atoms with Gasteiger partial charge in [0.2, 0.25) is 0 Å². The lowest BCUT2D eigenvalue weighted by Gasteiger charge is -2.35. The third kappa shape index (κ3) is 3.06. The molecule has 32 heavy (non-hydrogen) atoms. The third-order valence-corrected chi connectivity index (χ3v) is 6.92. The topological polar surface area (TPSA) is 61.6 Å². The molecule has 0 bridgehead atoms. The molecule has 1 aromatic heterocycles. The van der Waals surface area contributed by atoms with E-state index in [0.29, 0.717) is 12.1 Å². The number of hydrogen-bond acceptors (Lipinski definition) is 6. The molecule has 6 rings (SSSR count). The molecule has 2 aliphatic carbocycles. The maximum Gasteiger partial charge on any atom is 0.173 e. The van der Waals surface area contributed by atoms with Crippen molar-refractivity contribution in [1.82, 2.24) is 10.1 Å². The van der Waals surface area contributed by atoms with Gasteiger partial charge in [0.05, 0.1) is 28.5 Å². The smallest absolute Gasteiger partial charge is 0.173 e. The number of rotatable bonds is 4. The summed E-state index contributed by atoms with van der Waals surface area (Å²) in [5.41, 5.74) is 4.61. The molecular weight excluding hydrogens is 400 g/mol. The van der Waals surface area contributed by atoms with Crippen LogP contribution < -0.4 is 10.2 Å². The van der Waals surface area contributed by atoms with Crippen LogP contribution in [0.4, 0.5) is 11.4 Å². The summed E-state index contributed by atoms with van der Waals surface area (Å²) in [4.78, 5) is 18.4. The van der Waals surface area contributed by atoms with Crippen LogP contribution in [-0.4, -0.2) is 49.1 Å². The zero-order chi connectivity index (χ0) is 21.7. The zero-order valence-electron chi connectivity index (χ0n) is 18.1. The molecule has 2 atom stereocenters. The number of piperazine rings is 1. The molecule has 0 radical (unpaired) electrons. The number of ketones is 1. The minimum absolute atomic E-state index is 0.0882. The van der Waals surface area contributed by atoms with Crippen molar-refractivity contribution in [1.29, 1.82) is 0 Å². The van der Waals surface area contributed by atoms with Crippen LogP contribution in [0.3, 0.4) is 0 Å². The number of hydrogen-bond donors (Lipinski definition) is 1. The first kappa shape index (κ1) is 19.3. The average molecular weight is 427 g/mol. The van der Waals surface area contributed by atoms with E-state index in [0.717, 1.165) is 54.2 Å². The second-order valence-corrected chi connectivity index (χ2v) is 8.90. The van der Waals surface area contributed by atoms with Crippen molar-refractivity contribution in [3.63, 3.8) is 0 Å². The van der Waals surface area contributed by atoms with E-state index in [1.165, 1.54) is 5.56 Å². The molecule has 0 spiro atoms. The van der Waals surface area contributed by atoms with Crippen LogP contribution in [0.1, 0.15) is 27.6 Å². The number of carbonyl (C=O) groups is 1. The van der Waals surface area contributed by atoms with Gasteiger partial charge in [-0.3, -0.25) is 4.79 Å². The molecule has 0 saturated carbocycles. The van der Waals surface area contributed by atoms with E-state index in [-0.39, 0.29) is 17.6 Å². The van der Waals surface area contributed by atoms with E-state index in [1.54, 1.807) is 0 Å². The zero-order valence-corrected chi connectivity index (χ0v) is 18.1. The number of likely N-dealkylation sites (N-methyl/N-ethyl adjacent to an activating group) is 1. The number of Topliss-reactive ketones (excluding diaryl/α,β-unsaturated/α-hetero) is 1. The molecule has 3 aromatic rings. The number of aromatic nitrogens is 1. The predicted octanol–water partition coefficient (Wildman–Crippen LogP) is 4.21. The highest BCUT2D eigenvalue weighted by Crippen LogP contribution is 2.48. The number of carbonyl (C=O) groups excluding carboxylic acids is 1. The molecule has 2 unspecified atom stereocenters. The third-order valence-electron chi connectivity index (χ3n) is 6.92. The van der Waals surface area contributed by atoms with E-state index < -0.39 is 0 Å². The van der Waals surface area contributed by atoms with E-state index >= 15 is 0 Å². The van der Waals surface area contributed by atoms with Crippen molar-refractivity contribution in [2.24, 2.45) is 5.92 Å². The van der Waals surface area contributed by atoms with Crippen LogP contribution in [-0.2, 0) is 6.54 Å². The number of anilines is 2. The van der Waals surface area contributed by atoms with Gasteiger partial charge < -0.3 is 19.6 Å². The van der Waals surface area contributed by atoms with Gasteiger partial charge in [-0.05, 0) is 18.7 Å². The van der Waals surface area contributed by atoms with Crippen molar-refractivity contribution < 1.29 is 9.32 Å². The summed E-state index contributed by atoms with van der Waals surface area (Å²) in [5.74, 6) is 0.612. The van der Waals surface area contributed by atoms with Crippen molar-refractivity contribution in [2.75, 3.05) is 43.4 Å². The Morgan fingerprint density at radius 3 is 2.59 bits per heavy atom. The lowest BCUT2D eigenvalue weighted by atomic mass is 9.74. The summed E-state index contributed by atoms with van der Waals surface area (Å²) >= 11 is 0. The van der Waals surface area contributed by atoms with E-state index in [9.17, 15) is 4.79 Å². The number of benzene rings is 2. The van der Waals surface area contributed by atoms with E-state index in [4.69, 9.17) is 4.52 Å². The molecule has 6 heteroatoms. The van der Waals surface area contributed by atoms with Gasteiger partial charge in [-0.2, -0.15) is 0 Å². The lowest BCUT2D eigenvalue weighted by molar-refractivity contribution is 0.0928. The molecule has 1 N–H and O–H groups in total. The first-order chi connectivity index (χ1) is 15.7. The molecular formula is C26H26N4O2. The molecule has 1 saturated heterocycles. The second-order valence-electron chi connectivity index (χ2n) is 8.90. The normalized spacial score (nSPS) is 22.4. The van der Waals surface area contributed by atoms with Crippen LogP contribution in [0.2, 0.25) is 0 Å². The summed E-state index contributed by atoms with van der Waals surface area (Å²) in [6, 6.07) is 12.4. The Morgan fingerprint density at radius 1 is 1.06 bits per heavy atom. The molecule has 2 heterocycles. The van der Waals surface area contributed by atoms with Crippen LogP contribution in [0.15, 0.2) is 65.2 Å². The molecule has 0 amide bonds. The molecule has 3 aliphatic rings. The molecule has 2 aromatic carbocycles. The van der Waals surface area contributed by atoms with Gasteiger partial charge in [-0.15, -0.1) is 0 Å². The monoisotopic (exact) mass is 426 g/mol. The van der Waals surface area contributed by atoms with Crippen molar-refractivity contribution in [3.05, 3.63) is 77.6 Å². The highest BCUT2D eigenvalue weighted by atomic mass is 16.5. The Hall–Kier alpha value is -3.38. The highest BCUT2D eigenvalue weighted by molar-refractivity contribution is 6.19. The Balaban J connectivity index is 1.50. The lowest BCUT2D eigenvalue weighted by Crippen LogP contribution is -2.44. The number of nitrogens with one attached hydrogen (secondary N) is 1. The number of fused-ring (bicyclic) bond motifs is 2. The van der Waals surface area contributed by atoms with Crippen LogP contribution in [0.25, 0.3) is 10.9 Å². The van der Waals surface area contributed by atoms with Gasteiger partial charge in [0, 0.05) is 38.4 Å². The van der Waals surface area contributed by atoms with Crippen LogP contribution in [0, 0.1) is 5.92 Å². The quantitative estimate of drug-likeness (QED) is 0.674. The van der Waals surface area contributed by atoms with Crippen LogP contribution in [0.5, 0.6) is 0 Å². The minimum atomic E-state index is -0.240. The first-order valence-corrected chi connectivity index (χ1v) is 11.3. The minimum Gasteiger partial charge on any atom is -0.380 e. The summed E-state index contributed by atoms with van der Waals surface area (Å²) in [5, 5.41) is 8.95. The average Bonchev–Trinajstić information content (AvgIpc) is 3.28. The van der Waals surface area contributed by atoms with E-state index in [2.05, 4.69) is 51.6 Å². The summed E-state index contributed by atoms with van der Waals surface area (Å²) < 4.78 is 5.93. The summed E-state index contributed by atoms with van der Waals surface area (Å²) in [7, 11) is 2.15. The maximum absolute atomic E-state index is 13.7. The summed E-state index contributed by atoms with van der Waals surface area (Å²) in [6.07, 6.45) is 7.99. The SMILES string of the molecule is CN1CCN(c2cc(NCc3ccccc3)c3c4c(onc24)C2C=CC=CC2C3=O)CC1. The number of nitrogens with zero attached hydrogens (tertiary/aromatic N) is 3. The molecule has 162 valence electrons. The highest BCUT2D eigenvalue weighted by Gasteiger charge is 2.41. The van der Waals surface area contributed by atoms with Gasteiger partial charge in [0.15, 0.2) is 11.5 Å². The Bertz CT molecular complexity index is 1240. The van der Waals surface area contributed by atoms with Gasteiger partial charge in [0.1, 0.15) is 5.52 Å². The van der Waals surface area contributed by atoms with Crippen molar-refractivity contribution >= 4 is 28.1 Å². The van der Waals surface area contributed by atoms with Gasteiger partial charge >= 0.3 is 0 Å². The largest absolute Gasteiger partial charge is 0.380 e. The molecule has 1 fully saturated rings. The van der Waals surface area contributed by atoms with Gasteiger partial charge in [0.25, 0.3) is 0 Å². The summed E-state index contributed by atoms with van der Waals surface area (Å²) in [6.45, 7) is 4.50. The fourth-order valence-corrected chi connectivity index (χ4v) is 5.11. The predicted molar refractivity (Wildman–Crippen MR) is 126 cm³/mol. The van der Waals surface area contributed by atoms with Crippen molar-refractivity contribution in [3.8, 4) is 0 Å². The Morgan fingerprint density at radius 2 is 1.81 bits per heavy atom.